The summed E-state index contributed by atoms with van der Waals surface area (Å²) in [5.41, 5.74) is 1.59. The van der Waals surface area contributed by atoms with E-state index in [0.29, 0.717) is 21.5 Å². The van der Waals surface area contributed by atoms with Crippen LogP contribution in [-0.4, -0.2) is 32.1 Å². The normalized spacial score (nSPS) is 12.1. The maximum Gasteiger partial charge on any atom is 0.246 e. The number of benzene rings is 2. The fraction of sp³-hybridized carbons (Fsp3) is 0.250. The Labute approximate surface area is 163 Å². The fourth-order valence-corrected chi connectivity index (χ4v) is 3.13. The molecule has 0 N–H and O–H groups in total. The van der Waals surface area contributed by atoms with Gasteiger partial charge in [-0.25, -0.2) is 0 Å². The van der Waals surface area contributed by atoms with E-state index in [2.05, 4.69) is 0 Å². The van der Waals surface area contributed by atoms with Crippen LogP contribution in [0.3, 0.4) is 0 Å². The summed E-state index contributed by atoms with van der Waals surface area (Å²) in [5, 5.41) is 1.09. The molecule has 6 heteroatoms. The Morgan fingerprint density at radius 2 is 1.88 bits per heavy atom. The second-order valence-corrected chi connectivity index (χ2v) is 6.55. The first-order valence-corrected chi connectivity index (χ1v) is 8.75. The predicted molar refractivity (Wildman–Crippen MR) is 106 cm³/mol. The number of rotatable bonds is 6. The Balaban J connectivity index is 2.20. The van der Waals surface area contributed by atoms with Crippen LogP contribution in [0.5, 0.6) is 11.5 Å². The second kappa shape index (κ2) is 8.97. The number of methoxy groups -OCH3 is 2. The first-order valence-electron chi connectivity index (χ1n) is 7.99. The van der Waals surface area contributed by atoms with Crippen molar-refractivity contribution in [2.45, 2.75) is 13.0 Å². The summed E-state index contributed by atoms with van der Waals surface area (Å²) < 4.78 is 10.6. The molecular weight excluding hydrogens is 373 g/mol. The van der Waals surface area contributed by atoms with Gasteiger partial charge in [-0.2, -0.15) is 0 Å². The largest absolute Gasteiger partial charge is 0.493 e. The lowest BCUT2D eigenvalue weighted by atomic mass is 10.1. The van der Waals surface area contributed by atoms with Crippen molar-refractivity contribution in [2.75, 3.05) is 21.3 Å². The van der Waals surface area contributed by atoms with Crippen molar-refractivity contribution < 1.29 is 14.3 Å². The van der Waals surface area contributed by atoms with Crippen LogP contribution in [0.4, 0.5) is 0 Å². The number of likely N-dealkylation sites (N-methyl/N-ethyl adjacent to an activating group) is 1. The maximum absolute atomic E-state index is 12.6. The van der Waals surface area contributed by atoms with Crippen molar-refractivity contribution in [3.63, 3.8) is 0 Å². The zero-order valence-corrected chi connectivity index (χ0v) is 16.6. The lowest BCUT2D eigenvalue weighted by molar-refractivity contribution is -0.126. The molecule has 0 fully saturated rings. The van der Waals surface area contributed by atoms with Crippen LogP contribution in [-0.2, 0) is 4.79 Å². The van der Waals surface area contributed by atoms with Crippen LogP contribution >= 0.6 is 23.2 Å². The quantitative estimate of drug-likeness (QED) is 0.629. The summed E-state index contributed by atoms with van der Waals surface area (Å²) in [4.78, 5) is 14.2. The molecule has 1 atom stereocenters. The first kappa shape index (κ1) is 20.1. The third-order valence-electron chi connectivity index (χ3n) is 4.18. The Hall–Kier alpha value is -2.17. The molecule has 0 aliphatic rings. The molecular formula is C20H21Cl2NO3. The van der Waals surface area contributed by atoms with Crippen molar-refractivity contribution in [1.29, 1.82) is 0 Å². The average Bonchev–Trinajstić information content (AvgIpc) is 2.64. The van der Waals surface area contributed by atoms with Crippen LogP contribution in [0.2, 0.25) is 10.0 Å². The Kier molecular flexibility index (Phi) is 6.95. The highest BCUT2D eigenvalue weighted by Crippen LogP contribution is 2.32. The number of hydrogen-bond acceptors (Lipinski definition) is 3. The maximum atomic E-state index is 12.6. The van der Waals surface area contributed by atoms with E-state index in [1.54, 1.807) is 50.4 Å². The summed E-state index contributed by atoms with van der Waals surface area (Å²) in [5.74, 6) is 1.03. The lowest BCUT2D eigenvalue weighted by Gasteiger charge is -2.25. The average molecular weight is 394 g/mol. The number of nitrogens with zero attached hydrogens (tertiary/aromatic N) is 1. The van der Waals surface area contributed by atoms with E-state index in [-0.39, 0.29) is 11.9 Å². The van der Waals surface area contributed by atoms with Crippen molar-refractivity contribution >= 4 is 35.2 Å². The van der Waals surface area contributed by atoms with E-state index < -0.39 is 0 Å². The molecule has 2 aromatic rings. The molecule has 138 valence electrons. The Morgan fingerprint density at radius 3 is 2.50 bits per heavy atom. The molecule has 0 aliphatic carbocycles. The van der Waals surface area contributed by atoms with Crippen molar-refractivity contribution in [3.05, 3.63) is 63.6 Å². The third kappa shape index (κ3) is 4.51. The molecule has 0 radical (unpaired) electrons. The summed E-state index contributed by atoms with van der Waals surface area (Å²) in [7, 11) is 4.86. The highest BCUT2D eigenvalue weighted by molar-refractivity contribution is 6.35. The van der Waals surface area contributed by atoms with Gasteiger partial charge in [0.25, 0.3) is 0 Å². The predicted octanol–water partition coefficient (Wildman–Crippen LogP) is 5.24. The highest BCUT2D eigenvalue weighted by atomic mass is 35.5. The van der Waals surface area contributed by atoms with Gasteiger partial charge in [-0.3, -0.25) is 4.79 Å². The van der Waals surface area contributed by atoms with Crippen LogP contribution in [0.15, 0.2) is 42.5 Å². The molecule has 26 heavy (non-hydrogen) atoms. The van der Waals surface area contributed by atoms with Gasteiger partial charge in [0.15, 0.2) is 11.5 Å². The molecule has 4 nitrogen and oxygen atoms in total. The van der Waals surface area contributed by atoms with Gasteiger partial charge in [0.1, 0.15) is 0 Å². The number of amides is 1. The summed E-state index contributed by atoms with van der Waals surface area (Å²) >= 11 is 12.2. The molecule has 0 aliphatic heterocycles. The van der Waals surface area contributed by atoms with Gasteiger partial charge in [0, 0.05) is 28.7 Å². The van der Waals surface area contributed by atoms with E-state index >= 15 is 0 Å². The number of hydrogen-bond donors (Lipinski definition) is 0. The number of para-hydroxylation sites is 1. The molecule has 1 unspecified atom stereocenters. The van der Waals surface area contributed by atoms with E-state index in [9.17, 15) is 4.79 Å². The second-order valence-electron chi connectivity index (χ2n) is 5.71. The molecule has 0 bridgehead atoms. The zero-order valence-electron chi connectivity index (χ0n) is 15.1. The molecule has 2 rings (SSSR count). The monoisotopic (exact) mass is 393 g/mol. The van der Waals surface area contributed by atoms with Crippen molar-refractivity contribution in [3.8, 4) is 11.5 Å². The van der Waals surface area contributed by atoms with Gasteiger partial charge < -0.3 is 14.4 Å². The van der Waals surface area contributed by atoms with E-state index in [4.69, 9.17) is 32.7 Å². The molecule has 0 saturated heterocycles. The van der Waals surface area contributed by atoms with Crippen LogP contribution < -0.4 is 9.47 Å². The Bertz CT molecular complexity index is 821. The van der Waals surface area contributed by atoms with Gasteiger partial charge in [-0.1, -0.05) is 41.4 Å². The standard InChI is InChI=1S/C20H21Cl2NO3/c1-13(16-10-9-15(21)12-17(16)22)23(2)19(24)11-8-14-6-5-7-18(25-3)20(14)26-4/h5-13H,1-4H3/b11-8+. The number of halogens is 2. The summed E-state index contributed by atoms with van der Waals surface area (Å²) in [6, 6.07) is 10.5. The fourth-order valence-electron chi connectivity index (χ4n) is 2.56. The number of ether oxygens (including phenoxy) is 2. The van der Waals surface area contributed by atoms with Gasteiger partial charge in [0.05, 0.1) is 20.3 Å². The molecule has 2 aromatic carbocycles. The molecule has 0 spiro atoms. The first-order chi connectivity index (χ1) is 12.4. The van der Waals surface area contributed by atoms with Gasteiger partial charge in [0.2, 0.25) is 5.91 Å². The Morgan fingerprint density at radius 1 is 1.15 bits per heavy atom. The summed E-state index contributed by atoms with van der Waals surface area (Å²) in [6.07, 6.45) is 3.20. The SMILES string of the molecule is COc1cccc(/C=C/C(=O)N(C)C(C)c2ccc(Cl)cc2Cl)c1OC. The molecule has 0 aromatic heterocycles. The topological polar surface area (TPSA) is 38.8 Å². The number of carbonyl (C=O) groups is 1. The minimum atomic E-state index is -0.205. The zero-order chi connectivity index (χ0) is 19.3. The molecule has 0 heterocycles. The van der Waals surface area contributed by atoms with Gasteiger partial charge in [-0.15, -0.1) is 0 Å². The minimum Gasteiger partial charge on any atom is -0.493 e. The van der Waals surface area contributed by atoms with E-state index in [1.807, 2.05) is 25.1 Å². The van der Waals surface area contributed by atoms with E-state index in [1.165, 1.54) is 6.08 Å². The third-order valence-corrected chi connectivity index (χ3v) is 4.74. The lowest BCUT2D eigenvalue weighted by Crippen LogP contribution is -2.28. The van der Waals surface area contributed by atoms with Crippen LogP contribution in [0.1, 0.15) is 24.1 Å². The minimum absolute atomic E-state index is 0.159. The smallest absolute Gasteiger partial charge is 0.246 e. The van der Waals surface area contributed by atoms with Crippen LogP contribution in [0, 0.1) is 0 Å². The van der Waals surface area contributed by atoms with E-state index in [0.717, 1.165) is 11.1 Å². The van der Waals surface area contributed by atoms with Crippen molar-refractivity contribution in [2.24, 2.45) is 0 Å². The molecule has 0 saturated carbocycles. The van der Waals surface area contributed by atoms with Crippen molar-refractivity contribution in [1.82, 2.24) is 4.90 Å². The molecule has 1 amide bonds. The van der Waals surface area contributed by atoms with Crippen LogP contribution in [0.25, 0.3) is 6.08 Å². The number of carbonyl (C=O) groups excluding carboxylic acids is 1. The van der Waals surface area contributed by atoms with Gasteiger partial charge in [-0.05, 0) is 36.8 Å². The summed E-state index contributed by atoms with van der Waals surface area (Å²) in [6.45, 7) is 1.91. The highest BCUT2D eigenvalue weighted by Gasteiger charge is 2.18. The van der Waals surface area contributed by atoms with Gasteiger partial charge >= 0.3 is 0 Å².